The summed E-state index contributed by atoms with van der Waals surface area (Å²) in [5.41, 5.74) is 6.67. The van der Waals surface area contributed by atoms with Crippen LogP contribution in [-0.2, 0) is 49.4 Å². The lowest BCUT2D eigenvalue weighted by atomic mass is 9.47. The summed E-state index contributed by atoms with van der Waals surface area (Å²) < 4.78 is 49.2. The van der Waals surface area contributed by atoms with Gasteiger partial charge in [0.2, 0.25) is 12.2 Å². The van der Waals surface area contributed by atoms with Gasteiger partial charge in [-0.1, -0.05) is 26.8 Å². The molecule has 17 heteroatoms. The zero-order valence-electron chi connectivity index (χ0n) is 31.9. The Morgan fingerprint density at radius 2 is 1.93 bits per heavy atom. The molecule has 3 aliphatic carbocycles. The van der Waals surface area contributed by atoms with Crippen molar-refractivity contribution in [1.82, 2.24) is 4.90 Å². The number of epoxide rings is 3. The fourth-order valence-corrected chi connectivity index (χ4v) is 10.7. The summed E-state index contributed by atoms with van der Waals surface area (Å²) in [6.07, 6.45) is -5.76. The summed E-state index contributed by atoms with van der Waals surface area (Å²) in [6.45, 7) is 8.56. The van der Waals surface area contributed by atoms with Crippen LogP contribution in [0.3, 0.4) is 0 Å². The van der Waals surface area contributed by atoms with Gasteiger partial charge in [0.15, 0.2) is 0 Å². The SMILES string of the molecule is CCN(CO[C@H]1C2[C@H]3O[C@H]3[C@H]3C4=C(CC[C@]3(C)[C@@]23O[C@H]3[C@@H]2O[C@]12C(C)C)C(=O)OC4)C(=O)OCc1ccc(O[C@@H]2OC[C@@H](O)[C@H](O)C2O)c(NC(=O)CCN)c1. The zero-order valence-corrected chi connectivity index (χ0v) is 31.9. The molecular formula is C39H51N3O14. The van der Waals surface area contributed by atoms with Gasteiger partial charge in [0.05, 0.1) is 30.6 Å². The molecule has 1 aromatic carbocycles. The number of carbonyl (C=O) groups excluding carboxylic acids is 3. The van der Waals surface area contributed by atoms with Gasteiger partial charge in [-0.2, -0.15) is 0 Å². The smallest absolute Gasteiger partial charge is 0.411 e. The Bertz CT molecular complexity index is 1830. The maximum atomic E-state index is 13.6. The van der Waals surface area contributed by atoms with Crippen LogP contribution in [0.2, 0.25) is 0 Å². The normalized spacial score (nSPS) is 42.2. The lowest BCUT2D eigenvalue weighted by Gasteiger charge is -2.54. The highest BCUT2D eigenvalue weighted by atomic mass is 16.7. The van der Waals surface area contributed by atoms with E-state index in [4.69, 9.17) is 43.6 Å². The molecule has 9 rings (SSSR count). The van der Waals surface area contributed by atoms with E-state index in [1.54, 1.807) is 12.1 Å². The Balaban J connectivity index is 0.897. The number of rotatable bonds is 12. The van der Waals surface area contributed by atoms with Gasteiger partial charge in [-0.15, -0.1) is 0 Å². The van der Waals surface area contributed by atoms with Gasteiger partial charge in [0, 0.05) is 42.3 Å². The fourth-order valence-electron chi connectivity index (χ4n) is 10.7. The number of benzene rings is 1. The Morgan fingerprint density at radius 3 is 2.68 bits per heavy atom. The van der Waals surface area contributed by atoms with E-state index < -0.39 is 53.9 Å². The minimum absolute atomic E-state index is 0.0150. The molecule has 14 atom stereocenters. The average molecular weight is 786 g/mol. The molecule has 4 saturated heterocycles. The van der Waals surface area contributed by atoms with Crippen molar-refractivity contribution in [2.45, 2.75) is 120 Å². The number of ether oxygens (including phenoxy) is 8. The van der Waals surface area contributed by atoms with Crippen molar-refractivity contribution >= 4 is 23.7 Å². The predicted octanol–water partition coefficient (Wildman–Crippen LogP) is 0.705. The summed E-state index contributed by atoms with van der Waals surface area (Å²) in [5.74, 6) is -0.523. The molecule has 0 bridgehead atoms. The molecule has 2 unspecified atom stereocenters. The fraction of sp³-hybridized carbons (Fsp3) is 0.718. The molecule has 2 amide bonds. The third-order valence-electron chi connectivity index (χ3n) is 13.7. The molecule has 0 radical (unpaired) electrons. The molecule has 6 N–H and O–H groups in total. The first-order chi connectivity index (χ1) is 26.8. The van der Waals surface area contributed by atoms with E-state index in [-0.39, 0.29) is 97.9 Å². The second kappa shape index (κ2) is 13.6. The van der Waals surface area contributed by atoms with Crippen LogP contribution in [0.5, 0.6) is 5.75 Å². The molecule has 306 valence electrons. The molecule has 5 heterocycles. The number of nitrogens with two attached hydrogens (primary N) is 1. The average Bonchev–Trinajstić information content (AvgIpc) is 4.09. The molecular weight excluding hydrogens is 734 g/mol. The number of amides is 2. The third kappa shape index (κ3) is 5.56. The van der Waals surface area contributed by atoms with Gasteiger partial charge in [-0.25, -0.2) is 9.59 Å². The first kappa shape index (κ1) is 38.1. The van der Waals surface area contributed by atoms with Crippen molar-refractivity contribution in [3.05, 3.63) is 34.9 Å². The van der Waals surface area contributed by atoms with E-state index in [1.807, 2.05) is 6.92 Å². The number of carbonyl (C=O) groups is 3. The molecule has 2 saturated carbocycles. The van der Waals surface area contributed by atoms with Gasteiger partial charge in [0.1, 0.15) is 67.4 Å². The van der Waals surface area contributed by atoms with E-state index in [9.17, 15) is 29.7 Å². The first-order valence-corrected chi connectivity index (χ1v) is 19.7. The van der Waals surface area contributed by atoms with Crippen molar-refractivity contribution in [2.75, 3.05) is 38.4 Å². The van der Waals surface area contributed by atoms with Crippen LogP contribution in [-0.4, -0.2) is 138 Å². The maximum absolute atomic E-state index is 13.6. The monoisotopic (exact) mass is 785 g/mol. The van der Waals surface area contributed by atoms with Crippen LogP contribution in [0, 0.1) is 23.2 Å². The van der Waals surface area contributed by atoms with Crippen LogP contribution in [0.4, 0.5) is 10.5 Å². The van der Waals surface area contributed by atoms with E-state index in [0.717, 1.165) is 17.6 Å². The standard InChI is InChI=1S/C39H51N3O14/c1-5-42(36(48)51-13-18-6-7-23(21(12-18)41-24(44)9-11-40)53-35-28(46)27(45)22(43)15-50-35)16-52-31-26-30-29(54-30)25-20-14-49-34(47)19(20)8-10-37(25,4)39(26)33(56-39)32-38(31,55-32)17(2)3/h6-7,12,17,22,25-33,35,43,45-46H,5,8-11,13-16,40H2,1-4H3,(H,41,44)/t22-,25-,26?,27+,28?,29+,30-,31+,32+,33+,35+,37+,38-,39-/m1/s1. The number of esters is 1. The van der Waals surface area contributed by atoms with Crippen molar-refractivity contribution in [3.8, 4) is 5.75 Å². The predicted molar refractivity (Wildman–Crippen MR) is 190 cm³/mol. The molecule has 1 aromatic rings. The van der Waals surface area contributed by atoms with Gasteiger partial charge in [-0.05, 0) is 49.0 Å². The van der Waals surface area contributed by atoms with Crippen molar-refractivity contribution in [1.29, 1.82) is 0 Å². The summed E-state index contributed by atoms with van der Waals surface area (Å²) in [5, 5.41) is 33.0. The van der Waals surface area contributed by atoms with E-state index in [2.05, 4.69) is 26.1 Å². The largest absolute Gasteiger partial charge is 0.460 e. The molecule has 17 nitrogen and oxygen atoms in total. The van der Waals surface area contributed by atoms with Gasteiger partial charge in [-0.3, -0.25) is 9.69 Å². The Labute approximate surface area is 323 Å². The van der Waals surface area contributed by atoms with Crippen LogP contribution in [0.1, 0.15) is 52.5 Å². The first-order valence-electron chi connectivity index (χ1n) is 19.7. The minimum atomic E-state index is -1.55. The second-order valence-electron chi connectivity index (χ2n) is 16.9. The molecule has 5 aliphatic heterocycles. The highest BCUT2D eigenvalue weighted by molar-refractivity contribution is 5.93. The second-order valence-corrected chi connectivity index (χ2v) is 16.9. The molecule has 1 spiro atoms. The van der Waals surface area contributed by atoms with Crippen molar-refractivity contribution in [3.63, 3.8) is 0 Å². The number of nitrogens with zero attached hydrogens (tertiary/aromatic N) is 1. The number of fused-ring (bicyclic) bond motifs is 7. The number of anilines is 1. The summed E-state index contributed by atoms with van der Waals surface area (Å²) in [7, 11) is 0. The Morgan fingerprint density at radius 1 is 1.12 bits per heavy atom. The number of cyclic esters (lactones) is 1. The highest BCUT2D eigenvalue weighted by Crippen LogP contribution is 2.79. The zero-order chi connectivity index (χ0) is 39.5. The maximum Gasteiger partial charge on any atom is 0.411 e. The summed E-state index contributed by atoms with van der Waals surface area (Å²) in [6, 6.07) is 4.71. The minimum Gasteiger partial charge on any atom is -0.460 e. The number of hydrogen-bond donors (Lipinski definition) is 5. The number of aliphatic hydroxyl groups excluding tert-OH is 3. The van der Waals surface area contributed by atoms with E-state index >= 15 is 0 Å². The van der Waals surface area contributed by atoms with Gasteiger partial charge in [0.25, 0.3) is 0 Å². The van der Waals surface area contributed by atoms with Gasteiger partial charge >= 0.3 is 12.1 Å². The van der Waals surface area contributed by atoms with Crippen molar-refractivity contribution < 1.29 is 67.6 Å². The third-order valence-corrected chi connectivity index (χ3v) is 13.7. The molecule has 8 aliphatic rings. The van der Waals surface area contributed by atoms with Crippen LogP contribution in [0.25, 0.3) is 0 Å². The van der Waals surface area contributed by atoms with Crippen LogP contribution < -0.4 is 15.8 Å². The highest BCUT2D eigenvalue weighted by Gasteiger charge is 2.93. The molecule has 0 aromatic heterocycles. The summed E-state index contributed by atoms with van der Waals surface area (Å²) in [4.78, 5) is 40.2. The lowest BCUT2D eigenvalue weighted by Crippen LogP contribution is -2.66. The van der Waals surface area contributed by atoms with Gasteiger partial charge < -0.3 is 64.3 Å². The van der Waals surface area contributed by atoms with E-state index in [1.165, 1.54) is 11.0 Å². The number of nitrogens with one attached hydrogen (secondary N) is 1. The molecule has 56 heavy (non-hydrogen) atoms. The topological polar surface area (TPSA) is 237 Å². The number of aliphatic hydroxyl groups is 3. The molecule has 6 fully saturated rings. The Kier molecular flexibility index (Phi) is 9.26. The van der Waals surface area contributed by atoms with E-state index in [0.29, 0.717) is 25.1 Å². The van der Waals surface area contributed by atoms with Crippen molar-refractivity contribution in [2.24, 2.45) is 28.9 Å². The Hall–Kier alpha value is -3.39. The number of hydrogen-bond acceptors (Lipinski definition) is 15. The van der Waals surface area contributed by atoms with Crippen LogP contribution in [0.15, 0.2) is 29.3 Å². The quantitative estimate of drug-likeness (QED) is 0.111. The summed E-state index contributed by atoms with van der Waals surface area (Å²) >= 11 is 0. The lowest BCUT2D eigenvalue weighted by molar-refractivity contribution is -0.241. The van der Waals surface area contributed by atoms with Crippen LogP contribution >= 0.6 is 0 Å².